The van der Waals surface area contributed by atoms with E-state index in [1.165, 1.54) is 4.90 Å². The number of aromatic hydroxyl groups is 1. The Balaban J connectivity index is 2.54. The summed E-state index contributed by atoms with van der Waals surface area (Å²) in [6.45, 7) is 1.90. The Bertz CT molecular complexity index is 993. The Morgan fingerprint density at radius 3 is 2.59 bits per heavy atom. The lowest BCUT2D eigenvalue weighted by molar-refractivity contribution is -0.353. The van der Waals surface area contributed by atoms with E-state index >= 15 is 0 Å². The predicted octanol–water partition coefficient (Wildman–Crippen LogP) is 2.20. The molecule has 0 saturated heterocycles. The molecule has 5 N–H and O–H groups in total. The number of aryl methyl sites for hydroxylation is 1. The minimum atomic E-state index is -0.324. The molecular weight excluding hydrogens is 433 g/mol. The molecule has 0 aliphatic carbocycles. The van der Waals surface area contributed by atoms with E-state index < -0.39 is 0 Å². The molecule has 0 aliphatic rings. The Morgan fingerprint density at radius 2 is 2.00 bits per heavy atom. The number of thiol groups is 1. The Hall–Kier alpha value is -2.42. The van der Waals surface area contributed by atoms with Crippen LogP contribution in [0.5, 0.6) is 5.75 Å². The number of nitrogens with two attached hydrogens (primary N) is 1. The largest absolute Gasteiger partial charge is 0.505 e. The van der Waals surface area contributed by atoms with Crippen LogP contribution in [-0.2, 0) is 6.42 Å². The fourth-order valence-corrected chi connectivity index (χ4v) is 3.06. The van der Waals surface area contributed by atoms with Crippen molar-refractivity contribution in [1.82, 2.24) is 9.62 Å². The first-order chi connectivity index (χ1) is 13.7. The summed E-state index contributed by atoms with van der Waals surface area (Å²) in [5.41, 5.74) is 7.61. The number of nitrogens with one attached hydrogen (secondary N) is 2. The number of nitrogens with zero attached hydrogens (tertiary/aromatic N) is 2. The maximum Gasteiger partial charge on any atom is 0.327 e. The van der Waals surface area contributed by atoms with Gasteiger partial charge in [-0.25, -0.2) is 14.7 Å². The number of carbonyl (C=O) groups is 1. The van der Waals surface area contributed by atoms with Gasteiger partial charge in [-0.3, -0.25) is 4.79 Å². The van der Waals surface area contributed by atoms with Crippen molar-refractivity contribution in [2.24, 2.45) is 10.7 Å². The molecule has 0 aromatic heterocycles. The summed E-state index contributed by atoms with van der Waals surface area (Å²) in [6.07, 6.45) is 0.576. The number of benzene rings is 2. The quantitative estimate of drug-likeness (QED) is 0.277. The first-order valence-electron chi connectivity index (χ1n) is 8.60. The van der Waals surface area contributed by atoms with Crippen LogP contribution < -0.4 is 15.4 Å². The van der Waals surface area contributed by atoms with Crippen molar-refractivity contribution in [2.45, 2.75) is 13.3 Å². The molecule has 0 radical (unpaired) electrons. The lowest BCUT2D eigenvalue weighted by atomic mass is 10.0. The summed E-state index contributed by atoms with van der Waals surface area (Å²) >= 11 is 16.2. The third-order valence-electron chi connectivity index (χ3n) is 4.06. The summed E-state index contributed by atoms with van der Waals surface area (Å²) in [5, 5.41) is 11.3. The zero-order chi connectivity index (χ0) is 21.7. The van der Waals surface area contributed by atoms with Gasteiger partial charge >= 0.3 is 5.84 Å². The number of halogens is 2. The molecule has 0 spiro atoms. The Kier molecular flexibility index (Phi) is 7.78. The number of amidine groups is 2. The van der Waals surface area contributed by atoms with Crippen LogP contribution >= 0.6 is 36.0 Å². The first-order valence-corrected chi connectivity index (χ1v) is 9.80. The van der Waals surface area contributed by atoms with Crippen molar-refractivity contribution < 1.29 is 14.9 Å². The van der Waals surface area contributed by atoms with Crippen LogP contribution in [0.1, 0.15) is 22.8 Å². The van der Waals surface area contributed by atoms with Crippen LogP contribution in [0.4, 0.5) is 11.4 Å². The molecule has 2 aromatic rings. The third kappa shape index (κ3) is 5.14. The Labute approximate surface area is 184 Å². The second kappa shape index (κ2) is 9.87. The van der Waals surface area contributed by atoms with Gasteiger partial charge < -0.3 is 15.7 Å². The normalized spacial score (nSPS) is 12.1. The van der Waals surface area contributed by atoms with Crippen molar-refractivity contribution in [2.75, 3.05) is 14.1 Å². The van der Waals surface area contributed by atoms with Gasteiger partial charge in [0.25, 0.3) is 5.91 Å². The average Bonchev–Trinajstić information content (AvgIpc) is 2.69. The lowest BCUT2D eigenvalue weighted by Crippen LogP contribution is -2.72. The number of aliphatic imine (C=N–C) groups is 1. The summed E-state index contributed by atoms with van der Waals surface area (Å²) in [5.74, 6) is -0.364. The molecule has 0 heterocycles. The van der Waals surface area contributed by atoms with Gasteiger partial charge in [0.05, 0.1) is 10.6 Å². The number of rotatable bonds is 4. The van der Waals surface area contributed by atoms with Crippen LogP contribution in [0, 0.1) is 0 Å². The third-order valence-corrected chi connectivity index (χ3v) is 5.11. The second-order valence-corrected chi connectivity index (χ2v) is 7.24. The minimum Gasteiger partial charge on any atom is -0.505 e. The standard InChI is InChI=1S/C19H21Cl2N5O2S/c1-4-10-8-9-13(16(27)14(10)19(28)26(2)3)23-17(22)18(25-29)24-12-7-5-6-11(20)15(12)21/h5-9,27,29H,4H2,1-3H3,(H2,22,23)(H,24,25)/p+1. The molecule has 2 aromatic carbocycles. The molecule has 7 nitrogen and oxygen atoms in total. The molecule has 29 heavy (non-hydrogen) atoms. The molecule has 154 valence electrons. The van der Waals surface area contributed by atoms with Crippen LogP contribution in [0.2, 0.25) is 10.0 Å². The number of amides is 1. The topological polar surface area (TPSA) is 105 Å². The summed E-state index contributed by atoms with van der Waals surface area (Å²) in [7, 11) is 3.22. The lowest BCUT2D eigenvalue weighted by Gasteiger charge is -2.16. The van der Waals surface area contributed by atoms with Crippen LogP contribution in [-0.4, -0.2) is 41.7 Å². The van der Waals surface area contributed by atoms with E-state index in [0.29, 0.717) is 27.7 Å². The van der Waals surface area contributed by atoms with Crippen LogP contribution in [0.25, 0.3) is 0 Å². The van der Waals surface area contributed by atoms with Crippen molar-refractivity contribution in [3.8, 4) is 5.75 Å². The second-order valence-electron chi connectivity index (χ2n) is 6.23. The highest BCUT2D eigenvalue weighted by Crippen LogP contribution is 2.34. The SMILES string of the molecule is CCc1ccc(N=C(N)C(NS)=[NH+]c2cccc(Cl)c2Cl)c(O)c1C(=O)N(C)C. The number of hydrogen-bond donors (Lipinski definition) is 5. The highest BCUT2D eigenvalue weighted by Gasteiger charge is 2.21. The van der Waals surface area contributed by atoms with Gasteiger partial charge in [-0.1, -0.05) is 42.3 Å². The van der Waals surface area contributed by atoms with E-state index in [0.717, 1.165) is 0 Å². The summed E-state index contributed by atoms with van der Waals surface area (Å²) in [6, 6.07) is 8.40. The first kappa shape index (κ1) is 22.9. The maximum atomic E-state index is 12.5. The fourth-order valence-electron chi connectivity index (χ4n) is 2.54. The number of phenols is 1. The van der Waals surface area contributed by atoms with E-state index in [4.69, 9.17) is 28.9 Å². The minimum absolute atomic E-state index is 0.0150. The molecule has 1 amide bonds. The van der Waals surface area contributed by atoms with Crippen molar-refractivity contribution in [1.29, 1.82) is 0 Å². The van der Waals surface area contributed by atoms with E-state index in [-0.39, 0.29) is 34.6 Å². The zero-order valence-corrected chi connectivity index (χ0v) is 18.5. The molecule has 0 fully saturated rings. The monoisotopic (exact) mass is 454 g/mol. The maximum absolute atomic E-state index is 12.5. The summed E-state index contributed by atoms with van der Waals surface area (Å²) in [4.78, 5) is 21.1. The zero-order valence-electron chi connectivity index (χ0n) is 16.1. The van der Waals surface area contributed by atoms with Gasteiger partial charge in [-0.05, 0) is 30.2 Å². The van der Waals surface area contributed by atoms with Crippen molar-refractivity contribution in [3.05, 3.63) is 51.5 Å². The van der Waals surface area contributed by atoms with E-state index in [1.54, 1.807) is 44.4 Å². The van der Waals surface area contributed by atoms with Crippen molar-refractivity contribution in [3.63, 3.8) is 0 Å². The highest BCUT2D eigenvalue weighted by atomic mass is 35.5. The van der Waals surface area contributed by atoms with Gasteiger partial charge in [0.15, 0.2) is 5.75 Å². The number of carbonyl (C=O) groups excluding carboxylic acids is 1. The molecule has 0 atom stereocenters. The molecule has 2 rings (SSSR count). The van der Waals surface area contributed by atoms with E-state index in [2.05, 4.69) is 27.5 Å². The van der Waals surface area contributed by atoms with Gasteiger partial charge in [-0.2, -0.15) is 0 Å². The van der Waals surface area contributed by atoms with Gasteiger partial charge in [-0.15, -0.1) is 0 Å². The number of phenolic OH excluding ortho intramolecular Hbond substituents is 1. The van der Waals surface area contributed by atoms with E-state index in [1.807, 2.05) is 6.92 Å². The molecule has 0 unspecified atom stereocenters. The number of hydrogen-bond acceptors (Lipinski definition) is 4. The van der Waals surface area contributed by atoms with Gasteiger partial charge in [0, 0.05) is 26.9 Å². The average molecular weight is 455 g/mol. The van der Waals surface area contributed by atoms with Crippen molar-refractivity contribution >= 4 is 65.0 Å². The fraction of sp³-hybridized carbons (Fsp3) is 0.211. The predicted molar refractivity (Wildman–Crippen MR) is 121 cm³/mol. The van der Waals surface area contributed by atoms with E-state index in [9.17, 15) is 9.90 Å². The molecule has 0 bridgehead atoms. The van der Waals surface area contributed by atoms with Crippen LogP contribution in [0.3, 0.4) is 0 Å². The molecule has 0 saturated carbocycles. The van der Waals surface area contributed by atoms with Gasteiger partial charge in [0.1, 0.15) is 16.4 Å². The molecule has 0 aliphatic heterocycles. The summed E-state index contributed by atoms with van der Waals surface area (Å²) < 4.78 is 2.60. The highest BCUT2D eigenvalue weighted by molar-refractivity contribution is 7.78. The molecule has 10 heteroatoms. The smallest absolute Gasteiger partial charge is 0.327 e. The molecular formula is C19H22Cl2N5O2S+. The van der Waals surface area contributed by atoms with Gasteiger partial charge in [0.2, 0.25) is 5.84 Å². The Morgan fingerprint density at radius 1 is 1.31 bits per heavy atom. The van der Waals surface area contributed by atoms with Crippen LogP contribution in [0.15, 0.2) is 35.3 Å².